The van der Waals surface area contributed by atoms with Gasteiger partial charge in [-0.25, -0.2) is 9.69 Å². The summed E-state index contributed by atoms with van der Waals surface area (Å²) in [6.45, 7) is 4.87. The molecule has 4 rings (SSSR count). The number of aryl methyl sites for hydroxylation is 1. The number of anilines is 2. The Morgan fingerprint density at radius 3 is 2.45 bits per heavy atom. The van der Waals surface area contributed by atoms with E-state index in [1.54, 1.807) is 0 Å². The molecule has 0 aromatic heterocycles. The van der Waals surface area contributed by atoms with Crippen LogP contribution in [-0.2, 0) is 14.3 Å². The van der Waals surface area contributed by atoms with Crippen molar-refractivity contribution in [1.29, 1.82) is 0 Å². The number of ether oxygens (including phenoxy) is 1. The number of benzene rings is 2. The maximum Gasteiger partial charge on any atom is 0.335 e. The standard InChI is InChI=1S/C22H19Cl2N3O4/c1-13-10-16(26-6-8-31-9-7-26)4-2-14(13)11-17-20(28)25-22(30)27(21(17)29)19-5-3-15(23)12-18(19)24/h2-5,10-12H,6-9H2,1H3,(H,25,28,30)/b17-11+. The molecule has 160 valence electrons. The molecule has 2 saturated heterocycles. The topological polar surface area (TPSA) is 79.0 Å². The summed E-state index contributed by atoms with van der Waals surface area (Å²) in [5.41, 5.74) is 2.63. The summed E-state index contributed by atoms with van der Waals surface area (Å²) in [6.07, 6.45) is 1.49. The number of rotatable bonds is 3. The summed E-state index contributed by atoms with van der Waals surface area (Å²) in [7, 11) is 0. The first kappa shape index (κ1) is 21.4. The zero-order valence-electron chi connectivity index (χ0n) is 16.7. The van der Waals surface area contributed by atoms with Crippen molar-refractivity contribution in [1.82, 2.24) is 5.32 Å². The monoisotopic (exact) mass is 459 g/mol. The quantitative estimate of drug-likeness (QED) is 0.557. The van der Waals surface area contributed by atoms with E-state index in [2.05, 4.69) is 10.2 Å². The van der Waals surface area contributed by atoms with Crippen molar-refractivity contribution in [3.63, 3.8) is 0 Å². The first-order valence-corrected chi connectivity index (χ1v) is 10.4. The molecule has 1 N–H and O–H groups in total. The van der Waals surface area contributed by atoms with Gasteiger partial charge < -0.3 is 9.64 Å². The normalized spacial score (nSPS) is 18.5. The summed E-state index contributed by atoms with van der Waals surface area (Å²) in [6, 6.07) is 9.32. The lowest BCUT2D eigenvalue weighted by Crippen LogP contribution is -2.54. The minimum Gasteiger partial charge on any atom is -0.378 e. The van der Waals surface area contributed by atoms with Gasteiger partial charge in [-0.2, -0.15) is 0 Å². The number of morpholine rings is 1. The Balaban J connectivity index is 1.67. The maximum atomic E-state index is 13.1. The number of carbonyl (C=O) groups excluding carboxylic acids is 3. The second-order valence-electron chi connectivity index (χ2n) is 7.19. The van der Waals surface area contributed by atoms with Crippen LogP contribution in [0, 0.1) is 6.92 Å². The van der Waals surface area contributed by atoms with Gasteiger partial charge in [0.15, 0.2) is 0 Å². The summed E-state index contributed by atoms with van der Waals surface area (Å²) in [5, 5.41) is 2.68. The second-order valence-corrected chi connectivity index (χ2v) is 8.04. The Morgan fingerprint density at radius 2 is 1.77 bits per heavy atom. The van der Waals surface area contributed by atoms with Gasteiger partial charge in [-0.15, -0.1) is 0 Å². The van der Waals surface area contributed by atoms with Gasteiger partial charge in [0, 0.05) is 23.8 Å². The minimum atomic E-state index is -0.865. The van der Waals surface area contributed by atoms with Crippen molar-refractivity contribution in [3.8, 4) is 0 Å². The van der Waals surface area contributed by atoms with Crippen LogP contribution in [0.3, 0.4) is 0 Å². The molecule has 2 aliphatic rings. The Labute approximate surface area is 189 Å². The van der Waals surface area contributed by atoms with E-state index in [1.807, 2.05) is 25.1 Å². The lowest BCUT2D eigenvalue weighted by atomic mass is 10.0. The van der Waals surface area contributed by atoms with Crippen LogP contribution < -0.4 is 15.1 Å². The van der Waals surface area contributed by atoms with Crippen LogP contribution in [0.4, 0.5) is 16.2 Å². The lowest BCUT2D eigenvalue weighted by molar-refractivity contribution is -0.122. The molecule has 2 fully saturated rings. The SMILES string of the molecule is Cc1cc(N2CCOCC2)ccc1/C=C1\C(=O)NC(=O)N(c2ccc(Cl)cc2Cl)C1=O. The van der Waals surface area contributed by atoms with Crippen LogP contribution in [-0.4, -0.2) is 44.1 Å². The van der Waals surface area contributed by atoms with E-state index in [-0.39, 0.29) is 16.3 Å². The first-order valence-electron chi connectivity index (χ1n) is 9.65. The second kappa shape index (κ2) is 8.70. The summed E-state index contributed by atoms with van der Waals surface area (Å²) < 4.78 is 5.39. The highest BCUT2D eigenvalue weighted by molar-refractivity contribution is 6.42. The number of hydrogen-bond acceptors (Lipinski definition) is 5. The van der Waals surface area contributed by atoms with E-state index in [0.29, 0.717) is 23.8 Å². The third-order valence-corrected chi connectivity index (χ3v) is 5.72. The zero-order valence-corrected chi connectivity index (χ0v) is 18.2. The predicted molar refractivity (Wildman–Crippen MR) is 120 cm³/mol. The summed E-state index contributed by atoms with van der Waals surface area (Å²) in [5.74, 6) is -1.51. The summed E-state index contributed by atoms with van der Waals surface area (Å²) in [4.78, 5) is 40.9. The third-order valence-electron chi connectivity index (χ3n) is 5.18. The van der Waals surface area contributed by atoms with E-state index >= 15 is 0 Å². The Bertz CT molecular complexity index is 1110. The number of nitrogens with one attached hydrogen (secondary N) is 1. The van der Waals surface area contributed by atoms with E-state index < -0.39 is 17.8 Å². The molecule has 9 heteroatoms. The van der Waals surface area contributed by atoms with Crippen molar-refractivity contribution < 1.29 is 19.1 Å². The molecule has 2 aliphatic heterocycles. The molecule has 0 aliphatic carbocycles. The van der Waals surface area contributed by atoms with E-state index in [4.69, 9.17) is 27.9 Å². The van der Waals surface area contributed by atoms with Crippen LogP contribution >= 0.6 is 23.2 Å². The number of halogens is 2. The summed E-state index contributed by atoms with van der Waals surface area (Å²) >= 11 is 12.1. The van der Waals surface area contributed by atoms with Gasteiger partial charge in [0.2, 0.25) is 0 Å². The fraction of sp³-hybridized carbons (Fsp3) is 0.227. The van der Waals surface area contributed by atoms with Gasteiger partial charge >= 0.3 is 6.03 Å². The van der Waals surface area contributed by atoms with Crippen molar-refractivity contribution in [3.05, 3.63) is 63.1 Å². The molecule has 2 heterocycles. The minimum absolute atomic E-state index is 0.121. The van der Waals surface area contributed by atoms with Gasteiger partial charge in [-0.05, 0) is 54.5 Å². The smallest absolute Gasteiger partial charge is 0.335 e. The van der Waals surface area contributed by atoms with Crippen LogP contribution in [0.25, 0.3) is 6.08 Å². The van der Waals surface area contributed by atoms with Crippen molar-refractivity contribution >= 4 is 58.5 Å². The Morgan fingerprint density at radius 1 is 1.03 bits per heavy atom. The van der Waals surface area contributed by atoms with Gasteiger partial charge in [0.05, 0.1) is 23.9 Å². The Hall–Kier alpha value is -2.87. The molecule has 0 spiro atoms. The average molecular weight is 460 g/mol. The number of hydrogen-bond donors (Lipinski definition) is 1. The van der Waals surface area contributed by atoms with Crippen LogP contribution in [0.2, 0.25) is 10.0 Å². The van der Waals surface area contributed by atoms with Crippen LogP contribution in [0.1, 0.15) is 11.1 Å². The predicted octanol–water partition coefficient (Wildman–Crippen LogP) is 3.80. The molecule has 0 atom stereocenters. The molecular formula is C22H19Cl2N3O4. The highest BCUT2D eigenvalue weighted by Crippen LogP contribution is 2.32. The molecule has 0 saturated carbocycles. The number of nitrogens with zero attached hydrogens (tertiary/aromatic N) is 2. The zero-order chi connectivity index (χ0) is 22.1. The number of imide groups is 2. The molecule has 0 unspecified atom stereocenters. The van der Waals surface area contributed by atoms with Gasteiger partial charge in [0.25, 0.3) is 11.8 Å². The van der Waals surface area contributed by atoms with Crippen molar-refractivity contribution in [2.75, 3.05) is 36.1 Å². The number of carbonyl (C=O) groups is 3. The molecule has 31 heavy (non-hydrogen) atoms. The largest absolute Gasteiger partial charge is 0.378 e. The van der Waals surface area contributed by atoms with Crippen molar-refractivity contribution in [2.45, 2.75) is 6.92 Å². The highest BCUT2D eigenvalue weighted by Gasteiger charge is 2.37. The van der Waals surface area contributed by atoms with Crippen LogP contribution in [0.15, 0.2) is 42.0 Å². The average Bonchev–Trinajstić information content (AvgIpc) is 2.74. The van der Waals surface area contributed by atoms with Crippen LogP contribution in [0.5, 0.6) is 0 Å². The molecule has 2 aromatic carbocycles. The molecule has 0 radical (unpaired) electrons. The maximum absolute atomic E-state index is 13.1. The molecular weight excluding hydrogens is 441 g/mol. The molecule has 2 aromatic rings. The molecule has 4 amide bonds. The lowest BCUT2D eigenvalue weighted by Gasteiger charge is -2.29. The van der Waals surface area contributed by atoms with E-state index in [1.165, 1.54) is 24.3 Å². The third kappa shape index (κ3) is 4.30. The van der Waals surface area contributed by atoms with Crippen molar-refractivity contribution in [2.24, 2.45) is 0 Å². The Kier molecular flexibility index (Phi) is 6.00. The highest BCUT2D eigenvalue weighted by atomic mass is 35.5. The number of urea groups is 1. The number of amides is 4. The van der Waals surface area contributed by atoms with E-state index in [9.17, 15) is 14.4 Å². The van der Waals surface area contributed by atoms with Gasteiger partial charge in [-0.1, -0.05) is 29.3 Å². The number of barbiturate groups is 1. The van der Waals surface area contributed by atoms with Gasteiger partial charge in [0.1, 0.15) is 5.57 Å². The molecule has 7 nitrogen and oxygen atoms in total. The first-order chi connectivity index (χ1) is 14.8. The van der Waals surface area contributed by atoms with Gasteiger partial charge in [-0.3, -0.25) is 14.9 Å². The molecule has 0 bridgehead atoms. The fourth-order valence-corrected chi connectivity index (χ4v) is 4.03. The fourth-order valence-electron chi connectivity index (χ4n) is 3.53. The van der Waals surface area contributed by atoms with E-state index in [0.717, 1.165) is 29.2 Å².